The summed E-state index contributed by atoms with van der Waals surface area (Å²) in [6.07, 6.45) is 0. The zero-order valence-corrected chi connectivity index (χ0v) is 13.0. The molecular formula is C16H15Cl2NO2. The molecule has 0 unspecified atom stereocenters. The van der Waals surface area contributed by atoms with Crippen LogP contribution in [0.1, 0.15) is 21.5 Å². The van der Waals surface area contributed by atoms with Crippen LogP contribution in [0, 0.1) is 0 Å². The molecule has 0 aliphatic heterocycles. The van der Waals surface area contributed by atoms with Gasteiger partial charge in [-0.1, -0.05) is 47.5 Å². The van der Waals surface area contributed by atoms with Gasteiger partial charge in [0, 0.05) is 18.7 Å². The average Bonchev–Trinajstić information content (AvgIpc) is 2.49. The van der Waals surface area contributed by atoms with Crippen molar-refractivity contribution < 1.29 is 9.53 Å². The van der Waals surface area contributed by atoms with Crippen LogP contribution >= 0.6 is 23.2 Å². The molecule has 5 heteroatoms. The number of carbonyl (C=O) groups excluding carboxylic acids is 1. The summed E-state index contributed by atoms with van der Waals surface area (Å²) in [6, 6.07) is 12.6. The van der Waals surface area contributed by atoms with Gasteiger partial charge in [0.05, 0.1) is 17.2 Å². The third kappa shape index (κ3) is 4.21. The summed E-state index contributed by atoms with van der Waals surface area (Å²) < 4.78 is 5.14. The Balaban J connectivity index is 2.09. The Morgan fingerprint density at radius 3 is 2.57 bits per heavy atom. The summed E-state index contributed by atoms with van der Waals surface area (Å²) in [6.45, 7) is 0.908. The third-order valence-electron chi connectivity index (χ3n) is 3.03. The van der Waals surface area contributed by atoms with E-state index in [1.807, 2.05) is 24.3 Å². The van der Waals surface area contributed by atoms with E-state index >= 15 is 0 Å². The van der Waals surface area contributed by atoms with Gasteiger partial charge in [0.1, 0.15) is 0 Å². The highest BCUT2D eigenvalue weighted by molar-refractivity contribution is 6.35. The van der Waals surface area contributed by atoms with Crippen molar-refractivity contribution in [2.75, 3.05) is 7.11 Å². The van der Waals surface area contributed by atoms with Crippen molar-refractivity contribution in [3.8, 4) is 0 Å². The van der Waals surface area contributed by atoms with E-state index in [1.165, 1.54) is 0 Å². The molecule has 0 saturated heterocycles. The van der Waals surface area contributed by atoms with Crippen molar-refractivity contribution in [3.63, 3.8) is 0 Å². The van der Waals surface area contributed by atoms with Crippen molar-refractivity contribution in [2.24, 2.45) is 0 Å². The highest BCUT2D eigenvalue weighted by Gasteiger charge is 2.11. The lowest BCUT2D eigenvalue weighted by molar-refractivity contribution is 0.0950. The SMILES string of the molecule is COCc1ccccc1CNC(=O)c1cc(Cl)ccc1Cl. The van der Waals surface area contributed by atoms with Gasteiger partial charge >= 0.3 is 0 Å². The smallest absolute Gasteiger partial charge is 0.253 e. The van der Waals surface area contributed by atoms with E-state index in [4.69, 9.17) is 27.9 Å². The maximum absolute atomic E-state index is 12.2. The highest BCUT2D eigenvalue weighted by atomic mass is 35.5. The van der Waals surface area contributed by atoms with Gasteiger partial charge in [-0.3, -0.25) is 4.79 Å². The standard InChI is InChI=1S/C16H15Cl2NO2/c1-21-10-12-5-3-2-4-11(12)9-19-16(20)14-8-13(17)6-7-15(14)18/h2-8H,9-10H2,1H3,(H,19,20). The summed E-state index contributed by atoms with van der Waals surface area (Å²) in [5.41, 5.74) is 2.41. The number of ether oxygens (including phenoxy) is 1. The molecule has 2 aromatic carbocycles. The maximum atomic E-state index is 12.2. The number of benzene rings is 2. The summed E-state index contributed by atoms with van der Waals surface area (Å²) in [5.74, 6) is -0.255. The van der Waals surface area contributed by atoms with Gasteiger partial charge in [-0.2, -0.15) is 0 Å². The predicted octanol–water partition coefficient (Wildman–Crippen LogP) is 4.07. The van der Waals surface area contributed by atoms with Crippen molar-refractivity contribution in [2.45, 2.75) is 13.2 Å². The molecule has 0 bridgehead atoms. The van der Waals surface area contributed by atoms with Gasteiger partial charge in [-0.15, -0.1) is 0 Å². The Kier molecular flexibility index (Phi) is 5.62. The van der Waals surface area contributed by atoms with Gasteiger partial charge in [0.15, 0.2) is 0 Å². The molecule has 2 rings (SSSR count). The maximum Gasteiger partial charge on any atom is 0.253 e. The van der Waals surface area contributed by atoms with Crippen molar-refractivity contribution in [1.29, 1.82) is 0 Å². The van der Waals surface area contributed by atoms with Crippen molar-refractivity contribution in [1.82, 2.24) is 5.32 Å². The van der Waals surface area contributed by atoms with Crippen LogP contribution in [0.4, 0.5) is 0 Å². The van der Waals surface area contributed by atoms with Crippen LogP contribution in [0.5, 0.6) is 0 Å². The lowest BCUT2D eigenvalue weighted by Crippen LogP contribution is -2.23. The van der Waals surface area contributed by atoms with Gasteiger partial charge in [-0.05, 0) is 29.3 Å². The minimum Gasteiger partial charge on any atom is -0.380 e. The quantitative estimate of drug-likeness (QED) is 0.900. The number of hydrogen-bond acceptors (Lipinski definition) is 2. The second-order valence-corrected chi connectivity index (χ2v) is 5.35. The van der Waals surface area contributed by atoms with E-state index in [2.05, 4.69) is 5.32 Å². The molecule has 0 heterocycles. The van der Waals surface area contributed by atoms with Crippen LogP contribution in [0.3, 0.4) is 0 Å². The second-order valence-electron chi connectivity index (χ2n) is 4.51. The van der Waals surface area contributed by atoms with Crippen LogP contribution in [0.15, 0.2) is 42.5 Å². The number of hydrogen-bond donors (Lipinski definition) is 1. The Bertz CT molecular complexity index is 644. The molecule has 0 spiro atoms. The molecule has 2 aromatic rings. The van der Waals surface area contributed by atoms with Crippen LogP contribution < -0.4 is 5.32 Å². The number of halogens is 2. The fourth-order valence-corrected chi connectivity index (χ4v) is 2.34. The molecule has 0 aliphatic carbocycles. The first-order chi connectivity index (χ1) is 10.1. The molecule has 0 aromatic heterocycles. The minimum absolute atomic E-state index is 0.255. The van der Waals surface area contributed by atoms with E-state index in [0.717, 1.165) is 11.1 Å². The van der Waals surface area contributed by atoms with Crippen molar-refractivity contribution >= 4 is 29.1 Å². The molecule has 0 saturated carbocycles. The summed E-state index contributed by atoms with van der Waals surface area (Å²) in [7, 11) is 1.64. The Labute approximate surface area is 133 Å². The molecule has 21 heavy (non-hydrogen) atoms. The van der Waals surface area contributed by atoms with Crippen LogP contribution in [0.2, 0.25) is 10.0 Å². The van der Waals surface area contributed by atoms with Crippen LogP contribution in [0.25, 0.3) is 0 Å². The Morgan fingerprint density at radius 1 is 1.14 bits per heavy atom. The Morgan fingerprint density at radius 2 is 1.86 bits per heavy atom. The van der Waals surface area contributed by atoms with Gasteiger partial charge in [-0.25, -0.2) is 0 Å². The topological polar surface area (TPSA) is 38.3 Å². The summed E-state index contributed by atoms with van der Waals surface area (Å²) >= 11 is 11.9. The monoisotopic (exact) mass is 323 g/mol. The zero-order valence-electron chi connectivity index (χ0n) is 11.5. The molecule has 110 valence electrons. The fraction of sp³-hybridized carbons (Fsp3) is 0.188. The van der Waals surface area contributed by atoms with Crippen LogP contribution in [-0.2, 0) is 17.9 Å². The predicted molar refractivity (Wildman–Crippen MR) is 84.8 cm³/mol. The molecule has 0 fully saturated rings. The largest absolute Gasteiger partial charge is 0.380 e. The highest BCUT2D eigenvalue weighted by Crippen LogP contribution is 2.20. The van der Waals surface area contributed by atoms with E-state index < -0.39 is 0 Å². The summed E-state index contributed by atoms with van der Waals surface area (Å²) in [4.78, 5) is 12.2. The third-order valence-corrected chi connectivity index (χ3v) is 3.60. The second kappa shape index (κ2) is 7.46. The van der Waals surface area contributed by atoms with E-state index in [1.54, 1.807) is 25.3 Å². The first-order valence-corrected chi connectivity index (χ1v) is 7.16. The van der Waals surface area contributed by atoms with E-state index in [0.29, 0.717) is 28.8 Å². The Hall–Kier alpha value is -1.55. The molecule has 1 amide bonds. The van der Waals surface area contributed by atoms with Gasteiger partial charge < -0.3 is 10.1 Å². The number of carbonyl (C=O) groups is 1. The van der Waals surface area contributed by atoms with Gasteiger partial charge in [0.2, 0.25) is 0 Å². The molecule has 0 aliphatic rings. The zero-order chi connectivity index (χ0) is 15.2. The first kappa shape index (κ1) is 15.8. The van der Waals surface area contributed by atoms with E-state index in [9.17, 15) is 4.79 Å². The molecule has 3 nitrogen and oxygen atoms in total. The first-order valence-electron chi connectivity index (χ1n) is 6.41. The van der Waals surface area contributed by atoms with Crippen LogP contribution in [-0.4, -0.2) is 13.0 Å². The fourth-order valence-electron chi connectivity index (χ4n) is 1.97. The molecule has 0 atom stereocenters. The van der Waals surface area contributed by atoms with Crippen molar-refractivity contribution in [3.05, 3.63) is 69.2 Å². The number of methoxy groups -OCH3 is 1. The minimum atomic E-state index is -0.255. The number of rotatable bonds is 5. The molecule has 1 N–H and O–H groups in total. The lowest BCUT2D eigenvalue weighted by Gasteiger charge is -2.11. The molecule has 0 radical (unpaired) electrons. The van der Waals surface area contributed by atoms with Gasteiger partial charge in [0.25, 0.3) is 5.91 Å². The number of nitrogens with one attached hydrogen (secondary N) is 1. The van der Waals surface area contributed by atoms with E-state index in [-0.39, 0.29) is 5.91 Å². The number of amides is 1. The summed E-state index contributed by atoms with van der Waals surface area (Å²) in [5, 5.41) is 3.70. The normalized spacial score (nSPS) is 10.4. The lowest BCUT2D eigenvalue weighted by atomic mass is 10.1. The molecular weight excluding hydrogens is 309 g/mol. The average molecular weight is 324 g/mol.